The molecular weight excluding hydrogens is 348 g/mol. The highest BCUT2D eigenvalue weighted by atomic mass is 35.5. The zero-order valence-corrected chi connectivity index (χ0v) is 15.1. The molecule has 2 aromatic carbocycles. The van der Waals surface area contributed by atoms with Crippen LogP contribution in [0.4, 0.5) is 5.69 Å². The molecule has 0 heterocycles. The number of nitrogens with one attached hydrogen (secondary N) is 1. The molecule has 24 heavy (non-hydrogen) atoms. The summed E-state index contributed by atoms with van der Waals surface area (Å²) in [4.78, 5) is 12.2. The van der Waals surface area contributed by atoms with Crippen molar-refractivity contribution in [3.63, 3.8) is 0 Å². The SMILES string of the molecule is C[C@H]([NH2+]CC(=O)Nc1cccc(S(C)(=O)=O)c1)c1cccc(Cl)c1. The smallest absolute Gasteiger partial charge is 0.279 e. The van der Waals surface area contributed by atoms with Crippen molar-refractivity contribution in [2.24, 2.45) is 0 Å². The number of hydrogen-bond donors (Lipinski definition) is 2. The van der Waals surface area contributed by atoms with Crippen molar-refractivity contribution < 1.29 is 18.5 Å². The largest absolute Gasteiger partial charge is 0.333 e. The number of carbonyl (C=O) groups is 1. The van der Waals surface area contributed by atoms with Gasteiger partial charge in [-0.1, -0.05) is 29.8 Å². The molecule has 1 atom stereocenters. The summed E-state index contributed by atoms with van der Waals surface area (Å²) in [5, 5.41) is 5.26. The lowest BCUT2D eigenvalue weighted by Crippen LogP contribution is -2.86. The second-order valence-corrected chi connectivity index (χ2v) is 8.08. The molecule has 0 fully saturated rings. The zero-order valence-electron chi connectivity index (χ0n) is 13.5. The number of benzene rings is 2. The fourth-order valence-electron chi connectivity index (χ4n) is 2.23. The first kappa shape index (κ1) is 18.4. The number of rotatable bonds is 6. The van der Waals surface area contributed by atoms with Crippen LogP contribution in [0, 0.1) is 0 Å². The predicted octanol–water partition coefficient (Wildman–Crippen LogP) is 2.01. The minimum atomic E-state index is -3.30. The van der Waals surface area contributed by atoms with E-state index in [4.69, 9.17) is 11.6 Å². The van der Waals surface area contributed by atoms with Crippen LogP contribution in [0.25, 0.3) is 0 Å². The summed E-state index contributed by atoms with van der Waals surface area (Å²) in [5.41, 5.74) is 1.50. The number of halogens is 1. The van der Waals surface area contributed by atoms with Gasteiger partial charge in [0.15, 0.2) is 16.4 Å². The van der Waals surface area contributed by atoms with Crippen LogP contribution in [0.2, 0.25) is 5.02 Å². The van der Waals surface area contributed by atoms with Crippen LogP contribution in [-0.2, 0) is 14.6 Å². The minimum Gasteiger partial charge on any atom is -0.333 e. The Hall–Kier alpha value is -1.89. The maximum Gasteiger partial charge on any atom is 0.279 e. The Labute approximate surface area is 147 Å². The number of sulfone groups is 1. The summed E-state index contributed by atoms with van der Waals surface area (Å²) < 4.78 is 23.1. The van der Waals surface area contributed by atoms with Crippen LogP contribution < -0.4 is 10.6 Å². The van der Waals surface area contributed by atoms with Crippen LogP contribution in [0.1, 0.15) is 18.5 Å². The van der Waals surface area contributed by atoms with E-state index in [-0.39, 0.29) is 23.4 Å². The summed E-state index contributed by atoms with van der Waals surface area (Å²) in [6, 6.07) is 13.8. The summed E-state index contributed by atoms with van der Waals surface area (Å²) in [5.74, 6) is -0.200. The normalized spacial score (nSPS) is 12.6. The molecule has 0 aromatic heterocycles. The maximum atomic E-state index is 12.1. The van der Waals surface area contributed by atoms with Gasteiger partial charge in [0.25, 0.3) is 5.91 Å². The lowest BCUT2D eigenvalue weighted by atomic mass is 10.1. The summed E-state index contributed by atoms with van der Waals surface area (Å²) in [6.07, 6.45) is 1.13. The molecule has 0 aliphatic carbocycles. The molecule has 0 radical (unpaired) electrons. The monoisotopic (exact) mass is 367 g/mol. The van der Waals surface area contributed by atoms with Gasteiger partial charge in [-0.05, 0) is 37.3 Å². The Bertz CT molecular complexity index is 837. The predicted molar refractivity (Wildman–Crippen MR) is 94.8 cm³/mol. The fourth-order valence-corrected chi connectivity index (χ4v) is 3.09. The highest BCUT2D eigenvalue weighted by Gasteiger charge is 2.13. The first-order valence-electron chi connectivity index (χ1n) is 7.44. The van der Waals surface area contributed by atoms with Crippen molar-refractivity contribution in [2.45, 2.75) is 17.9 Å². The third kappa shape index (κ3) is 5.33. The highest BCUT2D eigenvalue weighted by Crippen LogP contribution is 2.16. The van der Waals surface area contributed by atoms with Gasteiger partial charge in [-0.3, -0.25) is 4.79 Å². The van der Waals surface area contributed by atoms with Gasteiger partial charge >= 0.3 is 0 Å². The molecule has 0 aliphatic rings. The van der Waals surface area contributed by atoms with Gasteiger partial charge < -0.3 is 10.6 Å². The average molecular weight is 368 g/mol. The molecule has 5 nitrogen and oxygen atoms in total. The van der Waals surface area contributed by atoms with E-state index in [2.05, 4.69) is 5.32 Å². The molecule has 0 saturated heterocycles. The fraction of sp³-hybridized carbons (Fsp3) is 0.235. The van der Waals surface area contributed by atoms with Gasteiger partial charge in [0, 0.05) is 22.5 Å². The standard InChI is InChI=1S/C17H19ClN2O3S/c1-12(13-5-3-6-14(18)9-13)19-11-17(21)20-15-7-4-8-16(10-15)24(2,22)23/h3-10,12,19H,11H2,1-2H3,(H,20,21)/p+1/t12-/m0/s1. The van der Waals surface area contributed by atoms with Crippen LogP contribution in [0.5, 0.6) is 0 Å². The van der Waals surface area contributed by atoms with Gasteiger partial charge in [0.05, 0.1) is 4.90 Å². The molecule has 1 amide bonds. The van der Waals surface area contributed by atoms with E-state index in [1.807, 2.05) is 30.4 Å². The van der Waals surface area contributed by atoms with E-state index in [1.54, 1.807) is 18.2 Å². The van der Waals surface area contributed by atoms with Gasteiger partial charge in [-0.2, -0.15) is 0 Å². The lowest BCUT2D eigenvalue weighted by Gasteiger charge is -2.12. The Morgan fingerprint density at radius 3 is 2.58 bits per heavy atom. The number of amides is 1. The maximum absolute atomic E-state index is 12.1. The topological polar surface area (TPSA) is 79.8 Å². The van der Waals surface area contributed by atoms with Crippen molar-refractivity contribution in [3.05, 3.63) is 59.1 Å². The molecule has 0 bridgehead atoms. The first-order valence-corrected chi connectivity index (χ1v) is 9.71. The third-order valence-corrected chi connectivity index (χ3v) is 4.92. The van der Waals surface area contributed by atoms with E-state index in [9.17, 15) is 13.2 Å². The molecule has 7 heteroatoms. The molecule has 2 rings (SSSR count). The molecule has 128 valence electrons. The van der Waals surface area contributed by atoms with Crippen LogP contribution in [-0.4, -0.2) is 27.1 Å². The number of quaternary nitrogens is 1. The minimum absolute atomic E-state index is 0.0804. The lowest BCUT2D eigenvalue weighted by molar-refractivity contribution is -0.682. The Morgan fingerprint density at radius 1 is 1.21 bits per heavy atom. The van der Waals surface area contributed by atoms with Gasteiger partial charge in [-0.15, -0.1) is 0 Å². The number of anilines is 1. The van der Waals surface area contributed by atoms with E-state index < -0.39 is 9.84 Å². The first-order chi connectivity index (χ1) is 11.3. The van der Waals surface area contributed by atoms with E-state index in [0.717, 1.165) is 11.8 Å². The zero-order chi connectivity index (χ0) is 17.7. The third-order valence-electron chi connectivity index (χ3n) is 3.58. The van der Waals surface area contributed by atoms with Crippen molar-refractivity contribution in [3.8, 4) is 0 Å². The van der Waals surface area contributed by atoms with Gasteiger partial charge in [-0.25, -0.2) is 8.42 Å². The second kappa shape index (κ2) is 7.79. The Kier molecular flexibility index (Phi) is 5.99. The quantitative estimate of drug-likeness (QED) is 0.819. The summed E-state index contributed by atoms with van der Waals surface area (Å²) >= 11 is 5.97. The molecular formula is C17H20ClN2O3S+. The highest BCUT2D eigenvalue weighted by molar-refractivity contribution is 7.90. The van der Waals surface area contributed by atoms with Crippen molar-refractivity contribution in [1.82, 2.24) is 0 Å². The Balaban J connectivity index is 1.94. The molecule has 0 unspecified atom stereocenters. The molecule has 3 N–H and O–H groups in total. The van der Waals surface area contributed by atoms with E-state index >= 15 is 0 Å². The number of nitrogens with two attached hydrogens (primary N) is 1. The van der Waals surface area contributed by atoms with Crippen LogP contribution in [0.15, 0.2) is 53.4 Å². The van der Waals surface area contributed by atoms with Gasteiger partial charge in [0.2, 0.25) is 0 Å². The number of hydrogen-bond acceptors (Lipinski definition) is 3. The molecule has 0 aliphatic heterocycles. The Morgan fingerprint density at radius 2 is 1.92 bits per heavy atom. The molecule has 0 spiro atoms. The summed E-state index contributed by atoms with van der Waals surface area (Å²) in [7, 11) is -3.30. The van der Waals surface area contributed by atoms with Crippen molar-refractivity contribution >= 4 is 33.0 Å². The second-order valence-electron chi connectivity index (χ2n) is 5.63. The van der Waals surface area contributed by atoms with Gasteiger partial charge in [0.1, 0.15) is 6.04 Å². The number of carbonyl (C=O) groups excluding carboxylic acids is 1. The molecule has 0 saturated carbocycles. The average Bonchev–Trinajstić information content (AvgIpc) is 2.52. The van der Waals surface area contributed by atoms with E-state index in [0.29, 0.717) is 10.7 Å². The molecule has 2 aromatic rings. The van der Waals surface area contributed by atoms with Crippen LogP contribution >= 0.6 is 11.6 Å². The van der Waals surface area contributed by atoms with Crippen LogP contribution in [0.3, 0.4) is 0 Å². The van der Waals surface area contributed by atoms with Crippen molar-refractivity contribution in [2.75, 3.05) is 18.1 Å². The summed E-state index contributed by atoms with van der Waals surface area (Å²) in [6.45, 7) is 2.21. The van der Waals surface area contributed by atoms with Crippen molar-refractivity contribution in [1.29, 1.82) is 0 Å². The van der Waals surface area contributed by atoms with E-state index in [1.165, 1.54) is 12.1 Å².